The molecular formula is C12H9Cl2N3O3S. The van der Waals surface area contributed by atoms with Crippen molar-refractivity contribution >= 4 is 44.8 Å². The molecule has 1 heterocycles. The van der Waals surface area contributed by atoms with Crippen molar-refractivity contribution in [3.63, 3.8) is 0 Å². The third-order valence-corrected chi connectivity index (χ3v) is 4.01. The molecule has 1 aromatic heterocycles. The van der Waals surface area contributed by atoms with Gasteiger partial charge in [0.1, 0.15) is 0 Å². The summed E-state index contributed by atoms with van der Waals surface area (Å²) in [5.41, 5.74) is 0.459. The van der Waals surface area contributed by atoms with Gasteiger partial charge in [0.25, 0.3) is 5.91 Å². The van der Waals surface area contributed by atoms with Crippen LogP contribution in [0.2, 0.25) is 10.0 Å². The number of carbonyl (C=O) groups excluding carboxylic acids is 1. The molecule has 21 heavy (non-hydrogen) atoms. The van der Waals surface area contributed by atoms with Gasteiger partial charge in [0, 0.05) is 18.0 Å². The number of nitrogens with zero attached hydrogens (tertiary/aromatic N) is 1. The quantitative estimate of drug-likeness (QED) is 0.890. The van der Waals surface area contributed by atoms with Crippen molar-refractivity contribution in [1.29, 1.82) is 0 Å². The Kier molecular flexibility index (Phi) is 4.48. The fourth-order valence-electron chi connectivity index (χ4n) is 1.52. The first kappa shape index (κ1) is 15.7. The minimum absolute atomic E-state index is 0.0334. The van der Waals surface area contributed by atoms with Crippen LogP contribution in [0.15, 0.2) is 41.6 Å². The Bertz CT molecular complexity index is 772. The highest BCUT2D eigenvalue weighted by Crippen LogP contribution is 2.33. The van der Waals surface area contributed by atoms with Crippen LogP contribution in [0.5, 0.6) is 0 Å². The van der Waals surface area contributed by atoms with Gasteiger partial charge in [0.15, 0.2) is 0 Å². The summed E-state index contributed by atoms with van der Waals surface area (Å²) in [6.07, 6.45) is 2.92. The molecule has 0 fully saturated rings. The first-order valence-electron chi connectivity index (χ1n) is 5.52. The van der Waals surface area contributed by atoms with E-state index in [1.54, 1.807) is 0 Å². The number of anilines is 1. The number of aromatic nitrogens is 1. The average molecular weight is 346 g/mol. The average Bonchev–Trinajstić information content (AvgIpc) is 2.42. The number of hydrogen-bond donors (Lipinski definition) is 2. The lowest BCUT2D eigenvalue weighted by Crippen LogP contribution is -2.15. The van der Waals surface area contributed by atoms with Gasteiger partial charge in [-0.15, -0.1) is 0 Å². The van der Waals surface area contributed by atoms with Gasteiger partial charge in [-0.2, -0.15) is 0 Å². The second-order valence-corrected chi connectivity index (χ2v) is 6.37. The maximum absolute atomic E-state index is 12.0. The number of carbonyl (C=O) groups is 1. The molecular weight excluding hydrogens is 337 g/mol. The molecule has 1 amide bonds. The second kappa shape index (κ2) is 5.98. The van der Waals surface area contributed by atoms with Gasteiger partial charge in [0.2, 0.25) is 10.0 Å². The highest BCUT2D eigenvalue weighted by molar-refractivity contribution is 7.89. The normalized spacial score (nSPS) is 11.2. The molecule has 9 heteroatoms. The summed E-state index contributed by atoms with van der Waals surface area (Å²) in [6.45, 7) is 0. The number of sulfonamides is 1. The van der Waals surface area contributed by atoms with Crippen molar-refractivity contribution < 1.29 is 13.2 Å². The number of halogens is 2. The lowest BCUT2D eigenvalue weighted by molar-refractivity contribution is 0.102. The lowest BCUT2D eigenvalue weighted by Gasteiger charge is -2.10. The van der Waals surface area contributed by atoms with Gasteiger partial charge in [-0.05, 0) is 24.3 Å². The maximum atomic E-state index is 12.0. The zero-order valence-corrected chi connectivity index (χ0v) is 12.7. The highest BCUT2D eigenvalue weighted by Gasteiger charge is 2.17. The van der Waals surface area contributed by atoms with Gasteiger partial charge in [-0.3, -0.25) is 9.78 Å². The van der Waals surface area contributed by atoms with E-state index in [1.165, 1.54) is 24.5 Å². The van der Waals surface area contributed by atoms with E-state index in [9.17, 15) is 13.2 Å². The zero-order chi connectivity index (χ0) is 15.6. The molecule has 0 atom stereocenters. The van der Waals surface area contributed by atoms with E-state index >= 15 is 0 Å². The highest BCUT2D eigenvalue weighted by atomic mass is 35.5. The van der Waals surface area contributed by atoms with E-state index in [0.717, 1.165) is 12.1 Å². The Morgan fingerprint density at radius 2 is 1.67 bits per heavy atom. The second-order valence-electron chi connectivity index (χ2n) is 4.00. The molecule has 0 saturated heterocycles. The molecule has 0 radical (unpaired) electrons. The van der Waals surface area contributed by atoms with Crippen LogP contribution < -0.4 is 10.5 Å². The van der Waals surface area contributed by atoms with Crippen molar-refractivity contribution in [2.45, 2.75) is 4.90 Å². The molecule has 2 aromatic rings. The number of hydrogen-bond acceptors (Lipinski definition) is 4. The van der Waals surface area contributed by atoms with Crippen LogP contribution >= 0.6 is 23.2 Å². The molecule has 3 N–H and O–H groups in total. The fourth-order valence-corrected chi connectivity index (χ4v) is 2.80. The maximum Gasteiger partial charge on any atom is 0.255 e. The Morgan fingerprint density at radius 1 is 1.14 bits per heavy atom. The van der Waals surface area contributed by atoms with Crippen LogP contribution in [0, 0.1) is 0 Å². The number of primary sulfonamides is 1. The third kappa shape index (κ3) is 3.70. The molecule has 2 rings (SSSR count). The predicted octanol–water partition coefficient (Wildman–Crippen LogP) is 2.29. The molecule has 6 nitrogen and oxygen atoms in total. The minimum atomic E-state index is -3.94. The van der Waals surface area contributed by atoms with Gasteiger partial charge >= 0.3 is 0 Å². The van der Waals surface area contributed by atoms with Crippen molar-refractivity contribution in [2.75, 3.05) is 5.32 Å². The molecule has 110 valence electrons. The summed E-state index contributed by atoms with van der Waals surface area (Å²) in [7, 11) is -3.94. The monoisotopic (exact) mass is 345 g/mol. The van der Waals surface area contributed by atoms with Crippen LogP contribution in [0.3, 0.4) is 0 Å². The number of rotatable bonds is 3. The summed E-state index contributed by atoms with van der Waals surface area (Å²) in [5.74, 6) is -0.454. The summed E-state index contributed by atoms with van der Waals surface area (Å²) in [4.78, 5) is 15.6. The lowest BCUT2D eigenvalue weighted by atomic mass is 10.2. The van der Waals surface area contributed by atoms with Crippen molar-refractivity contribution in [3.8, 4) is 0 Å². The Morgan fingerprint density at radius 3 is 2.14 bits per heavy atom. The summed E-state index contributed by atoms with van der Waals surface area (Å²) < 4.78 is 22.5. The largest absolute Gasteiger partial charge is 0.319 e. The third-order valence-electron chi connectivity index (χ3n) is 2.53. The van der Waals surface area contributed by atoms with Gasteiger partial charge in [0.05, 0.1) is 20.6 Å². The first-order chi connectivity index (χ1) is 9.79. The molecule has 0 unspecified atom stereocenters. The number of nitrogens with two attached hydrogens (primary N) is 1. The SMILES string of the molecule is NS(=O)(=O)c1cc(Cl)c(NC(=O)c2ccncc2)c(Cl)c1. The van der Waals surface area contributed by atoms with Crippen molar-refractivity contribution in [2.24, 2.45) is 5.14 Å². The summed E-state index contributed by atoms with van der Waals surface area (Å²) in [5, 5.41) is 7.44. The number of pyridine rings is 1. The van der Waals surface area contributed by atoms with E-state index in [-0.39, 0.29) is 20.6 Å². The molecule has 1 aromatic carbocycles. The molecule has 0 aliphatic rings. The van der Waals surface area contributed by atoms with E-state index < -0.39 is 15.9 Å². The number of amides is 1. The van der Waals surface area contributed by atoms with Gasteiger partial charge < -0.3 is 5.32 Å². The minimum Gasteiger partial charge on any atom is -0.319 e. The molecule has 0 saturated carbocycles. The van der Waals surface area contributed by atoms with Crippen LogP contribution in [-0.2, 0) is 10.0 Å². The van der Waals surface area contributed by atoms with Crippen LogP contribution in [0.25, 0.3) is 0 Å². The van der Waals surface area contributed by atoms with Crippen molar-refractivity contribution in [1.82, 2.24) is 4.98 Å². The smallest absolute Gasteiger partial charge is 0.255 e. The van der Waals surface area contributed by atoms with E-state index in [0.29, 0.717) is 5.56 Å². The Balaban J connectivity index is 2.36. The predicted molar refractivity (Wildman–Crippen MR) is 80.0 cm³/mol. The molecule has 0 bridgehead atoms. The van der Waals surface area contributed by atoms with Crippen LogP contribution in [0.1, 0.15) is 10.4 Å². The first-order valence-corrected chi connectivity index (χ1v) is 7.82. The molecule has 0 aliphatic carbocycles. The molecule has 0 aliphatic heterocycles. The Hall–Kier alpha value is -1.67. The fraction of sp³-hybridized carbons (Fsp3) is 0. The van der Waals surface area contributed by atoms with Gasteiger partial charge in [-0.1, -0.05) is 23.2 Å². The zero-order valence-electron chi connectivity index (χ0n) is 10.4. The number of benzene rings is 1. The summed E-state index contributed by atoms with van der Waals surface area (Å²) in [6, 6.07) is 5.25. The standard InChI is InChI=1S/C12H9Cl2N3O3S/c13-9-5-8(21(15,19)20)6-10(14)11(9)17-12(18)7-1-3-16-4-2-7/h1-6H,(H,17,18)(H2,15,19,20). The van der Waals surface area contributed by atoms with E-state index in [1.807, 2.05) is 0 Å². The van der Waals surface area contributed by atoms with Crippen LogP contribution in [0.4, 0.5) is 5.69 Å². The van der Waals surface area contributed by atoms with Crippen LogP contribution in [-0.4, -0.2) is 19.3 Å². The summed E-state index contributed by atoms with van der Waals surface area (Å²) >= 11 is 11.9. The number of nitrogens with one attached hydrogen (secondary N) is 1. The van der Waals surface area contributed by atoms with E-state index in [4.69, 9.17) is 28.3 Å². The Labute approximate surface area is 130 Å². The topological polar surface area (TPSA) is 102 Å². The van der Waals surface area contributed by atoms with Gasteiger partial charge in [-0.25, -0.2) is 13.6 Å². The van der Waals surface area contributed by atoms with E-state index in [2.05, 4.69) is 10.3 Å². The van der Waals surface area contributed by atoms with Crippen molar-refractivity contribution in [3.05, 3.63) is 52.3 Å². The molecule has 0 spiro atoms.